The summed E-state index contributed by atoms with van der Waals surface area (Å²) in [5.74, 6) is 0.0138. The van der Waals surface area contributed by atoms with Crippen LogP contribution in [0.4, 0.5) is 17.3 Å². The first-order valence-electron chi connectivity index (χ1n) is 9.77. The summed E-state index contributed by atoms with van der Waals surface area (Å²) in [5, 5.41) is 15.1. The largest absolute Gasteiger partial charge is 0.466 e. The Balaban J connectivity index is 1.82. The molecule has 0 aromatic carbocycles. The molecule has 9 heteroatoms. The van der Waals surface area contributed by atoms with Crippen LogP contribution in [0.15, 0.2) is 6.33 Å². The number of rotatable bonds is 6. The number of nitrogens with zero attached hydrogens (tertiary/aromatic N) is 4. The number of esters is 1. The summed E-state index contributed by atoms with van der Waals surface area (Å²) in [6.45, 7) is 3.10. The maximum absolute atomic E-state index is 12.1. The smallest absolute Gasteiger partial charge is 0.353 e. The molecule has 1 saturated carbocycles. The fourth-order valence-electron chi connectivity index (χ4n) is 3.94. The van der Waals surface area contributed by atoms with E-state index in [-0.39, 0.29) is 35.3 Å². The third-order valence-electron chi connectivity index (χ3n) is 5.27. The molecule has 2 aliphatic rings. The van der Waals surface area contributed by atoms with E-state index in [1.165, 1.54) is 12.7 Å². The van der Waals surface area contributed by atoms with Gasteiger partial charge in [-0.2, -0.15) is 0 Å². The lowest BCUT2D eigenvalue weighted by atomic mass is 9.95. The van der Waals surface area contributed by atoms with Crippen LogP contribution in [0.2, 0.25) is 0 Å². The Morgan fingerprint density at radius 1 is 1.30 bits per heavy atom. The molecule has 1 aliphatic heterocycles. The zero-order valence-corrected chi connectivity index (χ0v) is 15.7. The number of ether oxygens (including phenoxy) is 1. The van der Waals surface area contributed by atoms with Crippen LogP contribution < -0.4 is 10.2 Å². The Bertz CT molecular complexity index is 678. The van der Waals surface area contributed by atoms with Gasteiger partial charge in [-0.1, -0.05) is 19.3 Å². The minimum absolute atomic E-state index is 0.104. The summed E-state index contributed by atoms with van der Waals surface area (Å²) in [6, 6.07) is 0.203. The third kappa shape index (κ3) is 4.64. The molecule has 1 atom stereocenters. The standard InChI is InChI=1S/C18H27N5O4/c1-2-27-18(24)13-7-6-10-22(11-13)17-15(23(25)26)16(19-12-20-17)21-14-8-4-3-5-9-14/h12-14H,2-11H2,1H3,(H,19,20,21). The Hall–Kier alpha value is -2.45. The molecule has 1 aromatic rings. The maximum Gasteiger partial charge on any atom is 0.353 e. The second kappa shape index (κ2) is 8.96. The number of nitro groups is 1. The van der Waals surface area contributed by atoms with Gasteiger partial charge in [0.15, 0.2) is 0 Å². The molecule has 148 valence electrons. The van der Waals surface area contributed by atoms with Crippen LogP contribution in [-0.4, -0.2) is 46.6 Å². The zero-order valence-electron chi connectivity index (χ0n) is 15.7. The van der Waals surface area contributed by atoms with Crippen LogP contribution in [0.5, 0.6) is 0 Å². The number of anilines is 2. The van der Waals surface area contributed by atoms with Crippen LogP contribution in [-0.2, 0) is 9.53 Å². The van der Waals surface area contributed by atoms with E-state index >= 15 is 0 Å². The van der Waals surface area contributed by atoms with E-state index in [9.17, 15) is 14.9 Å². The molecular formula is C18H27N5O4. The number of hydrogen-bond acceptors (Lipinski definition) is 8. The summed E-state index contributed by atoms with van der Waals surface area (Å²) in [6.07, 6.45) is 8.28. The molecule has 9 nitrogen and oxygen atoms in total. The molecule has 1 saturated heterocycles. The van der Waals surface area contributed by atoms with Gasteiger partial charge in [-0.15, -0.1) is 0 Å². The summed E-state index contributed by atoms with van der Waals surface area (Å²) in [5.41, 5.74) is -0.104. The van der Waals surface area contributed by atoms with Crippen LogP contribution in [0, 0.1) is 16.0 Å². The number of carbonyl (C=O) groups is 1. The highest BCUT2D eigenvalue weighted by atomic mass is 16.6. The van der Waals surface area contributed by atoms with Gasteiger partial charge in [0.05, 0.1) is 17.4 Å². The van der Waals surface area contributed by atoms with Gasteiger partial charge >= 0.3 is 11.7 Å². The average molecular weight is 377 g/mol. The van der Waals surface area contributed by atoms with Gasteiger partial charge < -0.3 is 15.0 Å². The van der Waals surface area contributed by atoms with E-state index in [2.05, 4.69) is 15.3 Å². The van der Waals surface area contributed by atoms with Crippen LogP contribution >= 0.6 is 0 Å². The van der Waals surface area contributed by atoms with Gasteiger partial charge in [-0.3, -0.25) is 14.9 Å². The molecule has 1 N–H and O–H groups in total. The third-order valence-corrected chi connectivity index (χ3v) is 5.27. The first-order chi connectivity index (χ1) is 13.1. The maximum atomic E-state index is 12.1. The normalized spacial score (nSPS) is 20.9. The lowest BCUT2D eigenvalue weighted by Gasteiger charge is -2.32. The van der Waals surface area contributed by atoms with E-state index in [1.54, 1.807) is 6.92 Å². The minimum Gasteiger partial charge on any atom is -0.466 e. The molecule has 1 aliphatic carbocycles. The average Bonchev–Trinajstić information content (AvgIpc) is 2.68. The van der Waals surface area contributed by atoms with Crippen LogP contribution in [0.3, 0.4) is 0 Å². The minimum atomic E-state index is -0.422. The van der Waals surface area contributed by atoms with Crippen molar-refractivity contribution in [1.82, 2.24) is 9.97 Å². The van der Waals surface area contributed by atoms with Crippen molar-refractivity contribution in [3.8, 4) is 0 Å². The summed E-state index contributed by atoms with van der Waals surface area (Å²) in [7, 11) is 0. The first-order valence-corrected chi connectivity index (χ1v) is 9.77. The molecule has 0 amide bonds. The van der Waals surface area contributed by atoms with Crippen molar-refractivity contribution in [3.63, 3.8) is 0 Å². The number of piperidine rings is 1. The van der Waals surface area contributed by atoms with E-state index in [0.29, 0.717) is 19.7 Å². The van der Waals surface area contributed by atoms with Gasteiger partial charge in [0, 0.05) is 19.1 Å². The zero-order chi connectivity index (χ0) is 19.2. The van der Waals surface area contributed by atoms with Gasteiger partial charge in [-0.25, -0.2) is 9.97 Å². The van der Waals surface area contributed by atoms with Crippen LogP contribution in [0.25, 0.3) is 0 Å². The van der Waals surface area contributed by atoms with Crippen LogP contribution in [0.1, 0.15) is 51.9 Å². The quantitative estimate of drug-likeness (QED) is 0.458. The Morgan fingerprint density at radius 3 is 2.78 bits per heavy atom. The highest BCUT2D eigenvalue weighted by Gasteiger charge is 2.33. The lowest BCUT2D eigenvalue weighted by molar-refractivity contribution is -0.383. The number of carbonyl (C=O) groups excluding carboxylic acids is 1. The highest BCUT2D eigenvalue weighted by Crippen LogP contribution is 2.35. The molecule has 0 bridgehead atoms. The Morgan fingerprint density at radius 2 is 2.07 bits per heavy atom. The molecule has 0 spiro atoms. The second-order valence-corrected chi connectivity index (χ2v) is 7.17. The Kier molecular flexibility index (Phi) is 6.41. The number of nitrogens with one attached hydrogen (secondary N) is 1. The van der Waals surface area contributed by atoms with Crippen molar-refractivity contribution in [1.29, 1.82) is 0 Å². The van der Waals surface area contributed by atoms with Gasteiger partial charge in [0.25, 0.3) is 0 Å². The molecule has 2 fully saturated rings. The topological polar surface area (TPSA) is 110 Å². The second-order valence-electron chi connectivity index (χ2n) is 7.17. The summed E-state index contributed by atoms with van der Waals surface area (Å²) >= 11 is 0. The van der Waals surface area contributed by atoms with E-state index in [1.807, 2.05) is 4.90 Å². The van der Waals surface area contributed by atoms with Crippen molar-refractivity contribution in [2.75, 3.05) is 29.9 Å². The van der Waals surface area contributed by atoms with Gasteiger partial charge in [0.1, 0.15) is 6.33 Å². The van der Waals surface area contributed by atoms with Gasteiger partial charge in [-0.05, 0) is 32.6 Å². The molecule has 0 radical (unpaired) electrons. The van der Waals surface area contributed by atoms with Crippen molar-refractivity contribution >= 4 is 23.3 Å². The summed E-state index contributed by atoms with van der Waals surface area (Å²) in [4.78, 5) is 33.7. The fraction of sp³-hybridized carbons (Fsp3) is 0.722. The van der Waals surface area contributed by atoms with Gasteiger partial charge in [0.2, 0.25) is 11.6 Å². The molecule has 2 heterocycles. The van der Waals surface area contributed by atoms with Crippen molar-refractivity contribution in [3.05, 3.63) is 16.4 Å². The van der Waals surface area contributed by atoms with Crippen molar-refractivity contribution in [2.45, 2.75) is 57.9 Å². The molecule has 3 rings (SSSR count). The highest BCUT2D eigenvalue weighted by molar-refractivity contribution is 5.75. The molecule has 27 heavy (non-hydrogen) atoms. The first kappa shape index (κ1) is 19.3. The predicted molar refractivity (Wildman–Crippen MR) is 101 cm³/mol. The van der Waals surface area contributed by atoms with E-state index in [0.717, 1.165) is 38.5 Å². The molecule has 1 aromatic heterocycles. The fourth-order valence-corrected chi connectivity index (χ4v) is 3.94. The summed E-state index contributed by atoms with van der Waals surface area (Å²) < 4.78 is 5.12. The predicted octanol–water partition coefficient (Wildman–Crippen LogP) is 2.91. The SMILES string of the molecule is CCOC(=O)C1CCCN(c2ncnc(NC3CCCCC3)c2[N+](=O)[O-])C1. The van der Waals surface area contributed by atoms with E-state index in [4.69, 9.17) is 4.74 Å². The number of aromatic nitrogens is 2. The van der Waals surface area contributed by atoms with Crippen molar-refractivity contribution in [2.24, 2.45) is 5.92 Å². The Labute approximate surface area is 158 Å². The van der Waals surface area contributed by atoms with E-state index < -0.39 is 4.92 Å². The lowest BCUT2D eigenvalue weighted by Crippen LogP contribution is -2.40. The molecule has 1 unspecified atom stereocenters. The number of hydrogen-bond donors (Lipinski definition) is 1. The monoisotopic (exact) mass is 377 g/mol. The molecular weight excluding hydrogens is 350 g/mol. The van der Waals surface area contributed by atoms with Crippen molar-refractivity contribution < 1.29 is 14.5 Å².